The first-order chi connectivity index (χ1) is 8.74. The van der Waals surface area contributed by atoms with Crippen LogP contribution in [0.25, 0.3) is 0 Å². The Bertz CT molecular complexity index is 635. The van der Waals surface area contributed by atoms with Gasteiger partial charge in [0.05, 0.1) is 6.42 Å². The van der Waals surface area contributed by atoms with Crippen molar-refractivity contribution in [2.24, 2.45) is 0 Å². The minimum atomic E-state index is -0.0560. The molecule has 1 aromatic heterocycles. The summed E-state index contributed by atoms with van der Waals surface area (Å²) in [6, 6.07) is 8.63. The second-order valence-corrected chi connectivity index (χ2v) is 4.16. The molecule has 0 radical (unpaired) electrons. The normalized spacial score (nSPS) is 13.0. The van der Waals surface area contributed by atoms with Crippen LogP contribution in [0.15, 0.2) is 42.7 Å². The number of hydrogen-bond donors (Lipinski definition) is 1. The maximum atomic E-state index is 12.2. The van der Waals surface area contributed by atoms with Crippen LogP contribution >= 0.6 is 0 Å². The van der Waals surface area contributed by atoms with Gasteiger partial charge < -0.3 is 5.32 Å². The summed E-state index contributed by atoms with van der Waals surface area (Å²) in [4.78, 5) is 27.3. The second kappa shape index (κ2) is 4.07. The van der Waals surface area contributed by atoms with Crippen molar-refractivity contribution < 1.29 is 9.59 Å². The van der Waals surface area contributed by atoms with Gasteiger partial charge in [0, 0.05) is 29.2 Å². The number of fused-ring (bicyclic) bond motifs is 1. The maximum Gasteiger partial charge on any atom is 0.228 e. The summed E-state index contributed by atoms with van der Waals surface area (Å²) in [7, 11) is 0. The highest BCUT2D eigenvalue weighted by Gasteiger charge is 2.19. The second-order valence-electron chi connectivity index (χ2n) is 4.16. The van der Waals surface area contributed by atoms with E-state index in [1.54, 1.807) is 42.7 Å². The molecule has 2 aromatic rings. The van der Waals surface area contributed by atoms with Gasteiger partial charge in [-0.15, -0.1) is 0 Å². The van der Waals surface area contributed by atoms with Crippen LogP contribution in [0.2, 0.25) is 0 Å². The van der Waals surface area contributed by atoms with Crippen LogP contribution in [0, 0.1) is 0 Å². The number of aromatic nitrogens is 1. The van der Waals surface area contributed by atoms with Gasteiger partial charge in [0.15, 0.2) is 5.78 Å². The topological polar surface area (TPSA) is 59.1 Å². The van der Waals surface area contributed by atoms with Crippen LogP contribution in [0.4, 0.5) is 5.69 Å². The van der Waals surface area contributed by atoms with E-state index in [1.165, 1.54) is 0 Å². The summed E-state index contributed by atoms with van der Waals surface area (Å²) in [5.41, 5.74) is 2.87. The van der Waals surface area contributed by atoms with E-state index in [0.717, 1.165) is 11.3 Å². The lowest BCUT2D eigenvalue weighted by molar-refractivity contribution is -0.115. The van der Waals surface area contributed by atoms with Gasteiger partial charge in [-0.3, -0.25) is 14.6 Å². The van der Waals surface area contributed by atoms with E-state index >= 15 is 0 Å². The van der Waals surface area contributed by atoms with Crippen LogP contribution in [0.3, 0.4) is 0 Å². The Morgan fingerprint density at radius 3 is 2.67 bits per heavy atom. The molecule has 0 fully saturated rings. The van der Waals surface area contributed by atoms with E-state index in [2.05, 4.69) is 10.3 Å². The molecule has 1 N–H and O–H groups in total. The molecule has 4 nitrogen and oxygen atoms in total. The fraction of sp³-hybridized carbons (Fsp3) is 0.0714. The number of rotatable bonds is 2. The number of ketones is 1. The van der Waals surface area contributed by atoms with E-state index in [4.69, 9.17) is 0 Å². The molecular weight excluding hydrogens is 228 g/mol. The smallest absolute Gasteiger partial charge is 0.228 e. The Morgan fingerprint density at radius 2 is 1.89 bits per heavy atom. The molecule has 1 aliphatic rings. The van der Waals surface area contributed by atoms with Gasteiger partial charge in [0.1, 0.15) is 0 Å². The number of hydrogen-bond acceptors (Lipinski definition) is 3. The predicted octanol–water partition coefficient (Wildman–Crippen LogP) is 1.81. The monoisotopic (exact) mass is 238 g/mol. The molecule has 1 aliphatic heterocycles. The van der Waals surface area contributed by atoms with Gasteiger partial charge >= 0.3 is 0 Å². The summed E-state index contributed by atoms with van der Waals surface area (Å²) in [6.07, 6.45) is 3.52. The minimum absolute atomic E-state index is 0.0292. The van der Waals surface area contributed by atoms with E-state index in [-0.39, 0.29) is 11.7 Å². The molecule has 0 atom stereocenters. The first-order valence-corrected chi connectivity index (χ1v) is 5.61. The van der Waals surface area contributed by atoms with Crippen molar-refractivity contribution >= 4 is 17.4 Å². The molecule has 1 amide bonds. The van der Waals surface area contributed by atoms with Crippen molar-refractivity contribution in [1.29, 1.82) is 0 Å². The largest absolute Gasteiger partial charge is 0.326 e. The van der Waals surface area contributed by atoms with Gasteiger partial charge in [-0.1, -0.05) is 0 Å². The van der Waals surface area contributed by atoms with Gasteiger partial charge in [0.25, 0.3) is 0 Å². The Labute approximate surface area is 104 Å². The molecule has 0 spiro atoms. The third-order valence-electron chi connectivity index (χ3n) is 2.94. The van der Waals surface area contributed by atoms with Crippen molar-refractivity contribution in [1.82, 2.24) is 4.98 Å². The minimum Gasteiger partial charge on any atom is -0.326 e. The average Bonchev–Trinajstić information content (AvgIpc) is 2.78. The first kappa shape index (κ1) is 10.7. The van der Waals surface area contributed by atoms with Crippen molar-refractivity contribution in [2.75, 3.05) is 5.32 Å². The number of amides is 1. The number of nitrogens with zero attached hydrogens (tertiary/aromatic N) is 1. The zero-order valence-corrected chi connectivity index (χ0v) is 9.51. The Morgan fingerprint density at radius 1 is 1.11 bits per heavy atom. The number of carbonyl (C=O) groups excluding carboxylic acids is 2. The fourth-order valence-corrected chi connectivity index (χ4v) is 2.04. The van der Waals surface area contributed by atoms with Crippen LogP contribution in [0.5, 0.6) is 0 Å². The third-order valence-corrected chi connectivity index (χ3v) is 2.94. The van der Waals surface area contributed by atoms with Crippen LogP contribution in [-0.2, 0) is 11.2 Å². The van der Waals surface area contributed by atoms with E-state index < -0.39 is 0 Å². The van der Waals surface area contributed by atoms with Crippen LogP contribution < -0.4 is 5.32 Å². The quantitative estimate of drug-likeness (QED) is 0.812. The van der Waals surface area contributed by atoms with E-state index in [0.29, 0.717) is 17.5 Å². The molecule has 88 valence electrons. The molecule has 0 unspecified atom stereocenters. The summed E-state index contributed by atoms with van der Waals surface area (Å²) < 4.78 is 0. The molecule has 0 bridgehead atoms. The zero-order valence-electron chi connectivity index (χ0n) is 9.51. The highest BCUT2D eigenvalue weighted by Crippen LogP contribution is 2.24. The highest BCUT2D eigenvalue weighted by molar-refractivity contribution is 6.10. The van der Waals surface area contributed by atoms with Crippen molar-refractivity contribution in [3.63, 3.8) is 0 Å². The van der Waals surface area contributed by atoms with Gasteiger partial charge in [-0.25, -0.2) is 0 Å². The molecule has 0 saturated heterocycles. The Hall–Kier alpha value is -2.49. The lowest BCUT2D eigenvalue weighted by Gasteiger charge is -2.03. The predicted molar refractivity (Wildman–Crippen MR) is 66.4 cm³/mol. The number of nitrogens with one attached hydrogen (secondary N) is 1. The molecule has 1 aromatic carbocycles. The SMILES string of the molecule is O=C1Cc2cc(C(=O)c3ccncc3)ccc2N1. The molecule has 4 heteroatoms. The lowest BCUT2D eigenvalue weighted by atomic mass is 10.0. The lowest BCUT2D eigenvalue weighted by Crippen LogP contribution is -2.03. The summed E-state index contributed by atoms with van der Waals surface area (Å²) in [5.74, 6) is -0.0851. The van der Waals surface area contributed by atoms with Gasteiger partial charge in [0.2, 0.25) is 5.91 Å². The standard InChI is InChI=1S/C14H10N2O2/c17-13-8-11-7-10(1-2-12(11)16-13)14(18)9-3-5-15-6-4-9/h1-7H,8H2,(H,16,17). The molecule has 0 saturated carbocycles. The highest BCUT2D eigenvalue weighted by atomic mass is 16.1. The third kappa shape index (κ3) is 1.78. The average molecular weight is 238 g/mol. The van der Waals surface area contributed by atoms with Crippen molar-refractivity contribution in [2.45, 2.75) is 6.42 Å². The molecular formula is C14H10N2O2. The first-order valence-electron chi connectivity index (χ1n) is 5.61. The number of carbonyl (C=O) groups is 2. The summed E-state index contributed by atoms with van der Waals surface area (Å²) in [6.45, 7) is 0. The molecule has 3 rings (SSSR count). The van der Waals surface area contributed by atoms with Crippen LogP contribution in [-0.4, -0.2) is 16.7 Å². The summed E-state index contributed by atoms with van der Waals surface area (Å²) in [5, 5.41) is 2.74. The molecule has 2 heterocycles. The fourth-order valence-electron chi connectivity index (χ4n) is 2.04. The zero-order chi connectivity index (χ0) is 12.5. The van der Waals surface area contributed by atoms with Gasteiger partial charge in [-0.05, 0) is 35.9 Å². The number of anilines is 1. The number of benzene rings is 1. The van der Waals surface area contributed by atoms with Crippen molar-refractivity contribution in [3.05, 3.63) is 59.4 Å². The maximum absolute atomic E-state index is 12.2. The van der Waals surface area contributed by atoms with E-state index in [9.17, 15) is 9.59 Å². The number of pyridine rings is 1. The Balaban J connectivity index is 1.97. The Kier molecular flexibility index (Phi) is 2.41. The van der Waals surface area contributed by atoms with Crippen molar-refractivity contribution in [3.8, 4) is 0 Å². The summed E-state index contributed by atoms with van der Waals surface area (Å²) >= 11 is 0. The van der Waals surface area contributed by atoms with Gasteiger partial charge in [-0.2, -0.15) is 0 Å². The van der Waals surface area contributed by atoms with Crippen LogP contribution in [0.1, 0.15) is 21.5 Å². The molecule has 0 aliphatic carbocycles. The molecule has 18 heavy (non-hydrogen) atoms. The van der Waals surface area contributed by atoms with E-state index in [1.807, 2.05) is 0 Å².